The predicted molar refractivity (Wildman–Crippen MR) is 163 cm³/mol. The summed E-state index contributed by atoms with van der Waals surface area (Å²) in [6.45, 7) is 7.66. The van der Waals surface area contributed by atoms with Gasteiger partial charge in [0, 0.05) is 64.3 Å². The molecule has 0 bridgehead atoms. The topological polar surface area (TPSA) is 104 Å². The number of hydrogen-bond acceptors (Lipinski definition) is 7. The fourth-order valence-corrected chi connectivity index (χ4v) is 6.83. The molecule has 3 amide bonds. The van der Waals surface area contributed by atoms with Crippen LogP contribution in [0.1, 0.15) is 24.1 Å². The second-order valence-electron chi connectivity index (χ2n) is 11.5. The molecular weight excluding hydrogens is 611 g/mol. The lowest BCUT2D eigenvalue weighted by molar-refractivity contribution is -0.137. The average molecular weight is 644 g/mol. The van der Waals surface area contributed by atoms with E-state index in [4.69, 9.17) is 11.6 Å². The summed E-state index contributed by atoms with van der Waals surface area (Å²) in [5.41, 5.74) is 0.242. The lowest BCUT2D eigenvalue weighted by Gasteiger charge is -2.42. The van der Waals surface area contributed by atoms with Crippen molar-refractivity contribution in [1.82, 2.24) is 14.8 Å². The number of halogens is 4. The zero-order valence-corrected chi connectivity index (χ0v) is 25.7. The van der Waals surface area contributed by atoms with Crippen LogP contribution in [0.2, 0.25) is 5.02 Å². The van der Waals surface area contributed by atoms with Crippen molar-refractivity contribution in [3.8, 4) is 6.07 Å². The smallest absolute Gasteiger partial charge is 0.367 e. The van der Waals surface area contributed by atoms with Gasteiger partial charge in [-0.1, -0.05) is 24.2 Å². The van der Waals surface area contributed by atoms with Gasteiger partial charge in [-0.25, -0.2) is 4.98 Å². The molecule has 0 aliphatic carbocycles. The number of para-hydroxylation sites is 1. The number of alkyl halides is 3. The Balaban J connectivity index is 1.46. The van der Waals surface area contributed by atoms with Crippen molar-refractivity contribution in [2.45, 2.75) is 38.0 Å². The van der Waals surface area contributed by atoms with Gasteiger partial charge in [0.05, 0.1) is 40.5 Å². The van der Waals surface area contributed by atoms with E-state index in [0.717, 1.165) is 17.0 Å². The lowest BCUT2D eigenvalue weighted by Crippen LogP contribution is -2.56. The first-order valence-electron chi connectivity index (χ1n) is 14.5. The third-order valence-electron chi connectivity index (χ3n) is 8.66. The standard InChI is InChI=1S/C31H33ClF3N7O3/c1-4-26(43)41-13-11-39(18-22(41)8-9-36)10-12-40-17-20-15-27(44)42(25-16-21(31(33,34)35)14-19(2)37-25)28(20)30(45)38(3)24-7-5-6-23(32)29(24)40/h4-7,14,16,20,22,28H,1,8,10-13,15,17-18H2,2-3H3/t20-,22?,28+/m1/s1. The fraction of sp³-hybridized carbons (Fsp3) is 0.452. The van der Waals surface area contributed by atoms with Crippen LogP contribution in [0.25, 0.3) is 0 Å². The molecule has 2 fully saturated rings. The molecule has 1 unspecified atom stereocenters. The molecule has 2 aromatic rings. The Morgan fingerprint density at radius 3 is 2.64 bits per heavy atom. The molecule has 0 radical (unpaired) electrons. The molecule has 3 aliphatic heterocycles. The fourth-order valence-electron chi connectivity index (χ4n) is 6.54. The number of nitrogens with zero attached hydrogens (tertiary/aromatic N) is 7. The lowest BCUT2D eigenvalue weighted by atomic mass is 9.95. The Labute approximate surface area is 264 Å². The third kappa shape index (κ3) is 6.35. The maximum Gasteiger partial charge on any atom is 0.416 e. The van der Waals surface area contributed by atoms with Gasteiger partial charge >= 0.3 is 6.18 Å². The number of likely N-dealkylation sites (N-methyl/N-ethyl adjacent to an activating group) is 1. The van der Waals surface area contributed by atoms with Crippen LogP contribution in [0.3, 0.4) is 0 Å². The number of aromatic nitrogens is 1. The van der Waals surface area contributed by atoms with E-state index in [2.05, 4.69) is 22.5 Å². The molecule has 5 rings (SSSR count). The molecule has 10 nitrogen and oxygen atoms in total. The van der Waals surface area contributed by atoms with E-state index < -0.39 is 35.5 Å². The van der Waals surface area contributed by atoms with Gasteiger partial charge in [-0.3, -0.25) is 24.2 Å². The summed E-state index contributed by atoms with van der Waals surface area (Å²) >= 11 is 6.73. The predicted octanol–water partition coefficient (Wildman–Crippen LogP) is 3.88. The Hall–Kier alpha value is -4.15. The molecule has 1 aromatic heterocycles. The summed E-state index contributed by atoms with van der Waals surface area (Å²) in [5, 5.41) is 9.77. The SMILES string of the molecule is C=CC(=O)N1CCN(CCN2C[C@H]3CC(=O)N(c4cc(C(F)(F)F)cc(C)n4)[C@@H]3C(=O)N(C)c3cccc(Cl)c32)CC1CC#N. The number of piperazine rings is 1. The van der Waals surface area contributed by atoms with Crippen LogP contribution in [0.5, 0.6) is 0 Å². The molecule has 0 N–H and O–H groups in total. The summed E-state index contributed by atoms with van der Waals surface area (Å²) in [5.74, 6) is -1.94. The highest BCUT2D eigenvalue weighted by Crippen LogP contribution is 2.43. The normalized spacial score (nSPS) is 22.5. The van der Waals surface area contributed by atoms with E-state index in [1.807, 2.05) is 4.90 Å². The number of carbonyl (C=O) groups is 3. The van der Waals surface area contributed by atoms with Gasteiger partial charge in [0.1, 0.15) is 11.9 Å². The molecule has 2 saturated heterocycles. The van der Waals surface area contributed by atoms with Gasteiger partial charge < -0.3 is 14.7 Å². The largest absolute Gasteiger partial charge is 0.416 e. The zero-order valence-electron chi connectivity index (χ0n) is 24.9. The van der Waals surface area contributed by atoms with Crippen molar-refractivity contribution < 1.29 is 27.6 Å². The number of rotatable bonds is 6. The van der Waals surface area contributed by atoms with Crippen LogP contribution in [0.15, 0.2) is 43.0 Å². The second-order valence-corrected chi connectivity index (χ2v) is 11.9. The summed E-state index contributed by atoms with van der Waals surface area (Å²) in [6, 6.07) is 7.66. The van der Waals surface area contributed by atoms with Crippen molar-refractivity contribution in [2.75, 3.05) is 61.0 Å². The van der Waals surface area contributed by atoms with E-state index in [1.54, 1.807) is 30.1 Å². The Bertz CT molecular complexity index is 1560. The van der Waals surface area contributed by atoms with Crippen LogP contribution in [-0.4, -0.2) is 90.9 Å². The van der Waals surface area contributed by atoms with Gasteiger partial charge in [0.15, 0.2) is 0 Å². The molecule has 238 valence electrons. The van der Waals surface area contributed by atoms with E-state index >= 15 is 0 Å². The summed E-state index contributed by atoms with van der Waals surface area (Å²) < 4.78 is 41.1. The van der Waals surface area contributed by atoms with Crippen LogP contribution < -0.4 is 14.7 Å². The number of amides is 3. The first-order chi connectivity index (χ1) is 21.3. The molecule has 0 saturated carbocycles. The number of aryl methyl sites for hydroxylation is 1. The maximum absolute atomic E-state index is 14.0. The van der Waals surface area contributed by atoms with Crippen LogP contribution in [0, 0.1) is 24.2 Å². The number of benzene rings is 1. The van der Waals surface area contributed by atoms with Crippen molar-refractivity contribution >= 4 is 46.5 Å². The van der Waals surface area contributed by atoms with Gasteiger partial charge in [0.2, 0.25) is 17.7 Å². The first-order valence-corrected chi connectivity index (χ1v) is 14.9. The molecule has 3 atom stereocenters. The highest BCUT2D eigenvalue weighted by molar-refractivity contribution is 6.34. The molecular formula is C31H33ClF3N7O3. The quantitative estimate of drug-likeness (QED) is 0.440. The number of pyridine rings is 1. The second kappa shape index (κ2) is 12.7. The van der Waals surface area contributed by atoms with Crippen molar-refractivity contribution in [3.05, 3.63) is 59.3 Å². The van der Waals surface area contributed by atoms with Gasteiger partial charge in [-0.05, 0) is 37.3 Å². The Kier molecular flexibility index (Phi) is 9.09. The van der Waals surface area contributed by atoms with E-state index in [0.29, 0.717) is 49.1 Å². The monoisotopic (exact) mass is 643 g/mol. The minimum absolute atomic E-state index is 0.0654. The number of hydrogen-bond donors (Lipinski definition) is 0. The molecule has 45 heavy (non-hydrogen) atoms. The molecule has 0 spiro atoms. The molecule has 3 aliphatic rings. The maximum atomic E-state index is 14.0. The molecule has 1 aromatic carbocycles. The number of fused-ring (bicyclic) bond motifs is 2. The van der Waals surface area contributed by atoms with Crippen LogP contribution in [-0.2, 0) is 20.6 Å². The van der Waals surface area contributed by atoms with Crippen molar-refractivity contribution in [3.63, 3.8) is 0 Å². The minimum Gasteiger partial charge on any atom is -0.367 e. The van der Waals surface area contributed by atoms with Gasteiger partial charge in [0.25, 0.3) is 0 Å². The zero-order chi connectivity index (χ0) is 32.6. The van der Waals surface area contributed by atoms with Crippen LogP contribution in [0.4, 0.5) is 30.4 Å². The van der Waals surface area contributed by atoms with Crippen molar-refractivity contribution in [1.29, 1.82) is 5.26 Å². The molecule has 14 heteroatoms. The highest BCUT2D eigenvalue weighted by atomic mass is 35.5. The summed E-state index contributed by atoms with van der Waals surface area (Å²) in [4.78, 5) is 52.4. The first kappa shape index (κ1) is 32.2. The third-order valence-corrected chi connectivity index (χ3v) is 8.97. The van der Waals surface area contributed by atoms with E-state index in [9.17, 15) is 32.8 Å². The average Bonchev–Trinajstić information content (AvgIpc) is 3.32. The molecule has 4 heterocycles. The number of anilines is 3. The Morgan fingerprint density at radius 2 is 1.96 bits per heavy atom. The number of carbonyl (C=O) groups excluding carboxylic acids is 3. The minimum atomic E-state index is -4.66. The summed E-state index contributed by atoms with van der Waals surface area (Å²) in [7, 11) is 1.56. The van der Waals surface area contributed by atoms with Crippen molar-refractivity contribution in [2.24, 2.45) is 5.92 Å². The van der Waals surface area contributed by atoms with E-state index in [-0.39, 0.29) is 42.8 Å². The van der Waals surface area contributed by atoms with Crippen LogP contribution >= 0.6 is 11.6 Å². The Morgan fingerprint density at radius 1 is 1.20 bits per heavy atom. The van der Waals surface area contributed by atoms with E-state index in [1.165, 1.54) is 17.9 Å². The van der Waals surface area contributed by atoms with Gasteiger partial charge in [-0.2, -0.15) is 18.4 Å². The number of nitriles is 1. The summed E-state index contributed by atoms with van der Waals surface area (Å²) in [6.07, 6.45) is -3.30. The van der Waals surface area contributed by atoms with Gasteiger partial charge in [-0.15, -0.1) is 0 Å². The highest BCUT2D eigenvalue weighted by Gasteiger charge is 2.49.